The highest BCUT2D eigenvalue weighted by molar-refractivity contribution is 8.15. The number of benzene rings is 1. The SMILES string of the molecule is CC1(C)ON=C(c2ccccc2)S1. The number of hydrogen-bond donors (Lipinski definition) is 0. The molecule has 1 aromatic rings. The van der Waals surface area contributed by atoms with E-state index >= 15 is 0 Å². The van der Waals surface area contributed by atoms with Crippen LogP contribution in [-0.2, 0) is 4.84 Å². The monoisotopic (exact) mass is 193 g/mol. The predicted octanol–water partition coefficient (Wildman–Crippen LogP) is 2.85. The maximum Gasteiger partial charge on any atom is 0.183 e. The van der Waals surface area contributed by atoms with Crippen molar-refractivity contribution in [3.8, 4) is 0 Å². The second-order valence-corrected chi connectivity index (χ2v) is 4.93. The fraction of sp³-hybridized carbons (Fsp3) is 0.300. The zero-order valence-corrected chi connectivity index (χ0v) is 8.47. The average molecular weight is 193 g/mol. The fourth-order valence-corrected chi connectivity index (χ4v) is 1.98. The molecule has 2 nitrogen and oxygen atoms in total. The molecule has 3 heteroatoms. The van der Waals surface area contributed by atoms with Gasteiger partial charge < -0.3 is 4.84 Å². The first-order valence-electron chi connectivity index (χ1n) is 4.18. The molecule has 0 aromatic heterocycles. The molecule has 0 fully saturated rings. The van der Waals surface area contributed by atoms with Crippen LogP contribution in [0.2, 0.25) is 0 Å². The van der Waals surface area contributed by atoms with Crippen LogP contribution in [0.15, 0.2) is 35.5 Å². The lowest BCUT2D eigenvalue weighted by atomic mass is 10.2. The van der Waals surface area contributed by atoms with Gasteiger partial charge in [-0.2, -0.15) is 0 Å². The maximum atomic E-state index is 5.26. The molecule has 0 bridgehead atoms. The Morgan fingerprint density at radius 1 is 1.23 bits per heavy atom. The van der Waals surface area contributed by atoms with Crippen LogP contribution >= 0.6 is 11.8 Å². The van der Waals surface area contributed by atoms with Gasteiger partial charge in [-0.15, -0.1) is 0 Å². The van der Waals surface area contributed by atoms with E-state index in [1.807, 2.05) is 44.2 Å². The first-order valence-corrected chi connectivity index (χ1v) is 5.00. The van der Waals surface area contributed by atoms with Crippen molar-refractivity contribution in [1.29, 1.82) is 0 Å². The maximum absolute atomic E-state index is 5.26. The number of thioether (sulfide) groups is 1. The molecular weight excluding hydrogens is 182 g/mol. The van der Waals surface area contributed by atoms with Gasteiger partial charge in [-0.1, -0.05) is 47.2 Å². The van der Waals surface area contributed by atoms with Gasteiger partial charge in [0.15, 0.2) is 4.93 Å². The summed E-state index contributed by atoms with van der Waals surface area (Å²) >= 11 is 1.65. The molecule has 0 saturated heterocycles. The van der Waals surface area contributed by atoms with E-state index < -0.39 is 0 Å². The Balaban J connectivity index is 2.22. The summed E-state index contributed by atoms with van der Waals surface area (Å²) in [5.41, 5.74) is 1.12. The standard InChI is InChI=1S/C10H11NOS/c1-10(2)12-11-9(13-10)8-6-4-3-5-7-8/h3-7H,1-2H3. The van der Waals surface area contributed by atoms with Crippen molar-refractivity contribution in [2.45, 2.75) is 18.8 Å². The normalized spacial score (nSPS) is 19.4. The van der Waals surface area contributed by atoms with Gasteiger partial charge in [-0.3, -0.25) is 0 Å². The Hall–Kier alpha value is -0.960. The third kappa shape index (κ3) is 1.86. The molecule has 13 heavy (non-hydrogen) atoms. The number of rotatable bonds is 1. The van der Waals surface area contributed by atoms with E-state index in [4.69, 9.17) is 4.84 Å². The minimum absolute atomic E-state index is 0.217. The summed E-state index contributed by atoms with van der Waals surface area (Å²) in [5.74, 6) is 0. The Bertz CT molecular complexity index is 332. The number of nitrogens with zero attached hydrogens (tertiary/aromatic N) is 1. The second-order valence-electron chi connectivity index (χ2n) is 3.36. The summed E-state index contributed by atoms with van der Waals surface area (Å²) < 4.78 is 0. The zero-order chi connectivity index (χ0) is 9.31. The van der Waals surface area contributed by atoms with Crippen molar-refractivity contribution in [3.05, 3.63) is 35.9 Å². The molecule has 1 aliphatic rings. The van der Waals surface area contributed by atoms with Crippen LogP contribution in [0.3, 0.4) is 0 Å². The van der Waals surface area contributed by atoms with Crippen LogP contribution in [0, 0.1) is 0 Å². The highest BCUT2D eigenvalue weighted by Gasteiger charge is 2.30. The van der Waals surface area contributed by atoms with Crippen LogP contribution in [0.1, 0.15) is 19.4 Å². The summed E-state index contributed by atoms with van der Waals surface area (Å²) in [6, 6.07) is 10.1. The largest absolute Gasteiger partial charge is 0.377 e. The first-order chi connectivity index (χ1) is 6.17. The van der Waals surface area contributed by atoms with Crippen LogP contribution in [0.5, 0.6) is 0 Å². The predicted molar refractivity (Wildman–Crippen MR) is 55.7 cm³/mol. The van der Waals surface area contributed by atoms with Crippen LogP contribution in [-0.4, -0.2) is 9.98 Å². The van der Waals surface area contributed by atoms with Gasteiger partial charge >= 0.3 is 0 Å². The highest BCUT2D eigenvalue weighted by atomic mass is 32.2. The van der Waals surface area contributed by atoms with Gasteiger partial charge in [0.1, 0.15) is 5.04 Å². The van der Waals surface area contributed by atoms with Crippen molar-refractivity contribution in [2.24, 2.45) is 5.16 Å². The molecule has 0 amide bonds. The summed E-state index contributed by atoms with van der Waals surface area (Å²) in [4.78, 5) is 5.04. The fourth-order valence-electron chi connectivity index (χ4n) is 1.11. The molecule has 1 heterocycles. The first kappa shape index (κ1) is 8.63. The number of hydrogen-bond acceptors (Lipinski definition) is 3. The van der Waals surface area contributed by atoms with E-state index in [1.165, 1.54) is 0 Å². The van der Waals surface area contributed by atoms with Crippen molar-refractivity contribution in [3.63, 3.8) is 0 Å². The van der Waals surface area contributed by atoms with Crippen LogP contribution in [0.25, 0.3) is 0 Å². The molecule has 2 rings (SSSR count). The van der Waals surface area contributed by atoms with E-state index in [0.717, 1.165) is 10.6 Å². The lowest BCUT2D eigenvalue weighted by Crippen LogP contribution is -2.12. The van der Waals surface area contributed by atoms with Gasteiger partial charge in [-0.25, -0.2) is 0 Å². The third-order valence-electron chi connectivity index (χ3n) is 1.71. The summed E-state index contributed by atoms with van der Waals surface area (Å²) in [6.45, 7) is 4.02. The third-order valence-corrected chi connectivity index (χ3v) is 2.78. The molecule has 0 spiro atoms. The minimum atomic E-state index is -0.217. The smallest absolute Gasteiger partial charge is 0.183 e. The highest BCUT2D eigenvalue weighted by Crippen LogP contribution is 2.35. The molecule has 1 aromatic carbocycles. The summed E-state index contributed by atoms with van der Waals surface area (Å²) in [7, 11) is 0. The molecule has 0 aliphatic carbocycles. The summed E-state index contributed by atoms with van der Waals surface area (Å²) in [6.07, 6.45) is 0. The second kappa shape index (κ2) is 3.07. The number of oxime groups is 1. The quantitative estimate of drug-likeness (QED) is 0.684. The zero-order valence-electron chi connectivity index (χ0n) is 7.65. The van der Waals surface area contributed by atoms with E-state index in [1.54, 1.807) is 11.8 Å². The molecule has 0 N–H and O–H groups in total. The lowest BCUT2D eigenvalue weighted by molar-refractivity contribution is 0.0667. The van der Waals surface area contributed by atoms with Crippen molar-refractivity contribution >= 4 is 16.8 Å². The molecule has 1 aliphatic heterocycles. The van der Waals surface area contributed by atoms with Crippen molar-refractivity contribution in [1.82, 2.24) is 0 Å². The molecule has 0 radical (unpaired) electrons. The summed E-state index contributed by atoms with van der Waals surface area (Å²) in [5, 5.41) is 5.00. The van der Waals surface area contributed by atoms with Crippen molar-refractivity contribution in [2.75, 3.05) is 0 Å². The minimum Gasteiger partial charge on any atom is -0.377 e. The van der Waals surface area contributed by atoms with Gasteiger partial charge in [0, 0.05) is 5.56 Å². The molecular formula is C10H11NOS. The Morgan fingerprint density at radius 2 is 1.92 bits per heavy atom. The van der Waals surface area contributed by atoms with E-state index in [-0.39, 0.29) is 4.93 Å². The van der Waals surface area contributed by atoms with Gasteiger partial charge in [0.05, 0.1) is 0 Å². The Kier molecular flexibility index (Phi) is 2.04. The molecule has 0 saturated carbocycles. The van der Waals surface area contributed by atoms with E-state index in [9.17, 15) is 0 Å². The van der Waals surface area contributed by atoms with E-state index in [2.05, 4.69) is 5.16 Å². The van der Waals surface area contributed by atoms with Crippen LogP contribution in [0.4, 0.5) is 0 Å². The van der Waals surface area contributed by atoms with Gasteiger partial charge in [0.25, 0.3) is 0 Å². The van der Waals surface area contributed by atoms with Crippen LogP contribution < -0.4 is 0 Å². The molecule has 68 valence electrons. The van der Waals surface area contributed by atoms with Gasteiger partial charge in [-0.05, 0) is 13.8 Å². The Labute approximate surface area is 82.0 Å². The average Bonchev–Trinajstić information content (AvgIpc) is 2.48. The topological polar surface area (TPSA) is 21.6 Å². The lowest BCUT2D eigenvalue weighted by Gasteiger charge is -2.12. The van der Waals surface area contributed by atoms with Gasteiger partial charge in [0.2, 0.25) is 0 Å². The molecule has 0 unspecified atom stereocenters. The molecule has 0 atom stereocenters. The van der Waals surface area contributed by atoms with E-state index in [0.29, 0.717) is 0 Å². The van der Waals surface area contributed by atoms with Crippen molar-refractivity contribution < 1.29 is 4.84 Å². The Morgan fingerprint density at radius 3 is 2.46 bits per heavy atom.